The van der Waals surface area contributed by atoms with E-state index in [9.17, 15) is 20.0 Å². The minimum atomic E-state index is -0.938. The fraction of sp³-hybridized carbons (Fsp3) is 0.130. The summed E-state index contributed by atoms with van der Waals surface area (Å²) >= 11 is 1.33. The highest BCUT2D eigenvalue weighted by atomic mass is 32.1. The highest BCUT2D eigenvalue weighted by Gasteiger charge is 2.24. The van der Waals surface area contributed by atoms with Crippen LogP contribution < -0.4 is 5.32 Å². The predicted molar refractivity (Wildman–Crippen MR) is 121 cm³/mol. The maximum atomic E-state index is 12.9. The fourth-order valence-electron chi connectivity index (χ4n) is 3.48. The first-order valence-electron chi connectivity index (χ1n) is 9.54. The Bertz CT molecular complexity index is 1280. The van der Waals surface area contributed by atoms with Crippen LogP contribution in [0.4, 0.5) is 11.4 Å². The van der Waals surface area contributed by atoms with Crippen molar-refractivity contribution in [2.45, 2.75) is 20.0 Å². The number of nitrogens with zero attached hydrogens (tertiary/aromatic N) is 2. The number of carbonyl (C=O) groups is 1. The smallest absolute Gasteiger partial charge is 0.269 e. The minimum absolute atomic E-state index is 0.0896. The zero-order valence-corrected chi connectivity index (χ0v) is 17.6. The molecule has 31 heavy (non-hydrogen) atoms. The van der Waals surface area contributed by atoms with Crippen molar-refractivity contribution in [3.8, 4) is 0 Å². The molecule has 0 fully saturated rings. The molecule has 2 N–H and O–H groups in total. The lowest BCUT2D eigenvalue weighted by atomic mass is 10.0. The summed E-state index contributed by atoms with van der Waals surface area (Å²) in [6.07, 6.45) is -0.938. The molecule has 2 heterocycles. The molecule has 156 valence electrons. The number of amides is 1. The van der Waals surface area contributed by atoms with Crippen molar-refractivity contribution in [3.05, 3.63) is 98.0 Å². The Balaban J connectivity index is 1.79. The van der Waals surface area contributed by atoms with Crippen LogP contribution in [0.1, 0.15) is 38.2 Å². The highest BCUT2D eigenvalue weighted by Crippen LogP contribution is 2.42. The summed E-state index contributed by atoms with van der Waals surface area (Å²) in [4.78, 5) is 29.2. The van der Waals surface area contributed by atoms with E-state index < -0.39 is 16.9 Å². The van der Waals surface area contributed by atoms with Gasteiger partial charge in [0.05, 0.1) is 15.5 Å². The van der Waals surface area contributed by atoms with Crippen molar-refractivity contribution >= 4 is 38.8 Å². The molecule has 0 radical (unpaired) electrons. The summed E-state index contributed by atoms with van der Waals surface area (Å²) in [5, 5.41) is 25.6. The minimum Gasteiger partial charge on any atom is -0.383 e. The molecule has 7 nitrogen and oxygen atoms in total. The number of aliphatic hydroxyl groups is 1. The number of nitro benzene ring substituents is 1. The largest absolute Gasteiger partial charge is 0.383 e. The summed E-state index contributed by atoms with van der Waals surface area (Å²) in [6, 6.07) is 16.5. The molecular formula is C23H19N3O4S. The van der Waals surface area contributed by atoms with Gasteiger partial charge >= 0.3 is 0 Å². The lowest BCUT2D eigenvalue weighted by Gasteiger charge is -2.13. The van der Waals surface area contributed by atoms with Crippen molar-refractivity contribution in [1.29, 1.82) is 0 Å². The monoisotopic (exact) mass is 433 g/mol. The van der Waals surface area contributed by atoms with Crippen molar-refractivity contribution in [2.75, 3.05) is 5.32 Å². The first kappa shape index (κ1) is 20.6. The Morgan fingerprint density at radius 2 is 1.81 bits per heavy atom. The van der Waals surface area contributed by atoms with Crippen LogP contribution in [0.15, 0.2) is 60.7 Å². The summed E-state index contributed by atoms with van der Waals surface area (Å²) in [7, 11) is 0. The lowest BCUT2D eigenvalue weighted by molar-refractivity contribution is -0.384. The number of pyridine rings is 1. The van der Waals surface area contributed by atoms with Gasteiger partial charge in [0, 0.05) is 28.8 Å². The summed E-state index contributed by atoms with van der Waals surface area (Å²) in [5.41, 5.74) is 3.18. The second-order valence-corrected chi connectivity index (χ2v) is 8.20. The number of carbonyl (C=O) groups excluding carboxylic acids is 1. The molecule has 1 atom stereocenters. The van der Waals surface area contributed by atoms with Crippen LogP contribution >= 0.6 is 11.3 Å². The van der Waals surface area contributed by atoms with Crippen molar-refractivity contribution in [3.63, 3.8) is 0 Å². The van der Waals surface area contributed by atoms with E-state index in [-0.39, 0.29) is 11.3 Å². The zero-order chi connectivity index (χ0) is 22.1. The molecule has 8 heteroatoms. The number of thiophene rings is 1. The molecule has 2 aromatic carbocycles. The van der Waals surface area contributed by atoms with E-state index in [2.05, 4.69) is 10.3 Å². The number of aromatic nitrogens is 1. The number of non-ortho nitro benzene ring substituents is 1. The number of hydrogen-bond acceptors (Lipinski definition) is 6. The molecule has 0 saturated heterocycles. The van der Waals surface area contributed by atoms with Gasteiger partial charge in [0.2, 0.25) is 0 Å². The predicted octanol–water partition coefficient (Wildman–Crippen LogP) is 5.16. The number of fused-ring (bicyclic) bond motifs is 1. The fourth-order valence-corrected chi connectivity index (χ4v) is 4.75. The number of aryl methyl sites for hydroxylation is 2. The van der Waals surface area contributed by atoms with Gasteiger partial charge in [0.15, 0.2) is 0 Å². The van der Waals surface area contributed by atoms with Gasteiger partial charge in [-0.3, -0.25) is 14.9 Å². The van der Waals surface area contributed by atoms with E-state index in [1.54, 1.807) is 0 Å². The maximum absolute atomic E-state index is 12.9. The van der Waals surface area contributed by atoms with Crippen molar-refractivity contribution in [2.24, 2.45) is 0 Å². The van der Waals surface area contributed by atoms with E-state index in [4.69, 9.17) is 0 Å². The number of hydrogen-bond donors (Lipinski definition) is 2. The summed E-state index contributed by atoms with van der Waals surface area (Å²) in [6.45, 7) is 3.83. The maximum Gasteiger partial charge on any atom is 0.269 e. The average Bonchev–Trinajstić information content (AvgIpc) is 3.12. The van der Waals surface area contributed by atoms with Gasteiger partial charge in [-0.25, -0.2) is 4.98 Å². The zero-order valence-electron chi connectivity index (χ0n) is 16.8. The first-order chi connectivity index (χ1) is 14.8. The number of rotatable bonds is 5. The third-order valence-electron chi connectivity index (χ3n) is 4.96. The van der Waals surface area contributed by atoms with Gasteiger partial charge in [0.1, 0.15) is 10.9 Å². The molecule has 4 rings (SSSR count). The number of nitro groups is 1. The SMILES string of the molecule is Cc1cc(C)c2c(NC(=O)c3ccc([N+](=O)[O-])cc3)c([C@@H](O)c3ccccc3)sc2n1. The Labute approximate surface area is 182 Å². The van der Waals surface area contributed by atoms with Crippen LogP contribution in [0, 0.1) is 24.0 Å². The molecule has 4 aromatic rings. The number of anilines is 1. The van der Waals surface area contributed by atoms with Gasteiger partial charge < -0.3 is 10.4 Å². The highest BCUT2D eigenvalue weighted by molar-refractivity contribution is 7.19. The average molecular weight is 433 g/mol. The number of aliphatic hydroxyl groups excluding tert-OH is 1. The Hall–Kier alpha value is -3.62. The normalized spacial score (nSPS) is 12.0. The van der Waals surface area contributed by atoms with Gasteiger partial charge in [-0.15, -0.1) is 11.3 Å². The van der Waals surface area contributed by atoms with Gasteiger partial charge in [-0.2, -0.15) is 0 Å². The second-order valence-electron chi connectivity index (χ2n) is 7.17. The van der Waals surface area contributed by atoms with Crippen LogP contribution in [0.25, 0.3) is 10.2 Å². The third kappa shape index (κ3) is 4.03. The van der Waals surface area contributed by atoms with Gasteiger partial charge in [-0.1, -0.05) is 30.3 Å². The molecular weight excluding hydrogens is 414 g/mol. The van der Waals surface area contributed by atoms with Crippen LogP contribution in [0.5, 0.6) is 0 Å². The van der Waals surface area contributed by atoms with Crippen LogP contribution in [0.3, 0.4) is 0 Å². The molecule has 1 amide bonds. The van der Waals surface area contributed by atoms with Crippen molar-refractivity contribution < 1.29 is 14.8 Å². The van der Waals surface area contributed by atoms with Crippen LogP contribution in [-0.4, -0.2) is 20.9 Å². The van der Waals surface area contributed by atoms with Crippen LogP contribution in [0.2, 0.25) is 0 Å². The van der Waals surface area contributed by atoms with E-state index >= 15 is 0 Å². The van der Waals surface area contributed by atoms with E-state index in [1.165, 1.54) is 35.6 Å². The number of nitrogens with one attached hydrogen (secondary N) is 1. The Kier molecular flexibility index (Phi) is 5.50. The lowest BCUT2D eigenvalue weighted by Crippen LogP contribution is -2.14. The van der Waals surface area contributed by atoms with Crippen LogP contribution in [-0.2, 0) is 0 Å². The topological polar surface area (TPSA) is 105 Å². The molecule has 0 saturated carbocycles. The van der Waals surface area contributed by atoms with Gasteiger partial charge in [-0.05, 0) is 43.2 Å². The molecule has 2 aromatic heterocycles. The molecule has 0 bridgehead atoms. The molecule has 0 aliphatic carbocycles. The third-order valence-corrected chi connectivity index (χ3v) is 6.09. The first-order valence-corrected chi connectivity index (χ1v) is 10.4. The Morgan fingerprint density at radius 1 is 1.13 bits per heavy atom. The summed E-state index contributed by atoms with van der Waals surface area (Å²) < 4.78 is 0. The van der Waals surface area contributed by atoms with Crippen molar-refractivity contribution in [1.82, 2.24) is 4.98 Å². The molecule has 0 aliphatic heterocycles. The van der Waals surface area contributed by atoms with E-state index in [1.807, 2.05) is 50.2 Å². The standard InChI is InChI=1S/C23H19N3O4S/c1-13-12-14(2)24-23-18(13)19(21(31-23)20(27)15-6-4-3-5-7-15)25-22(28)16-8-10-17(11-9-16)26(29)30/h3-12,20,27H,1-2H3,(H,25,28)/t20-/m0/s1. The number of benzene rings is 2. The van der Waals surface area contributed by atoms with E-state index in [0.29, 0.717) is 16.1 Å². The molecule has 0 aliphatic rings. The van der Waals surface area contributed by atoms with Gasteiger partial charge in [0.25, 0.3) is 11.6 Å². The van der Waals surface area contributed by atoms with E-state index in [0.717, 1.165) is 21.5 Å². The second kappa shape index (κ2) is 8.25. The summed E-state index contributed by atoms with van der Waals surface area (Å²) in [5.74, 6) is -0.420. The quantitative estimate of drug-likeness (QED) is 0.334. The molecule has 0 spiro atoms. The molecule has 0 unspecified atom stereocenters. The Morgan fingerprint density at radius 3 is 2.45 bits per heavy atom.